The van der Waals surface area contributed by atoms with E-state index in [9.17, 15) is 4.79 Å². The van der Waals surface area contributed by atoms with Crippen LogP contribution in [0.3, 0.4) is 0 Å². The van der Waals surface area contributed by atoms with Gasteiger partial charge in [-0.05, 0) is 88.6 Å². The van der Waals surface area contributed by atoms with E-state index in [0.29, 0.717) is 18.8 Å². The van der Waals surface area contributed by atoms with Gasteiger partial charge in [0.15, 0.2) is 0 Å². The van der Waals surface area contributed by atoms with Gasteiger partial charge in [-0.15, -0.1) is 0 Å². The van der Waals surface area contributed by atoms with Gasteiger partial charge in [0.2, 0.25) is 0 Å². The Morgan fingerprint density at radius 3 is 2.40 bits per heavy atom. The summed E-state index contributed by atoms with van der Waals surface area (Å²) in [7, 11) is 0. The summed E-state index contributed by atoms with van der Waals surface area (Å²) in [5, 5.41) is 4.03. The number of benzene rings is 3. The first kappa shape index (κ1) is 22.1. The second kappa shape index (κ2) is 10.9. The molecule has 0 saturated carbocycles. The number of hydrogen-bond donors (Lipinski definition) is 1. The summed E-state index contributed by atoms with van der Waals surface area (Å²) >= 11 is 6.94. The zero-order valence-electron chi connectivity index (χ0n) is 16.3. The number of hydrazone groups is 1. The van der Waals surface area contributed by atoms with Crippen molar-refractivity contribution in [2.24, 2.45) is 5.10 Å². The van der Waals surface area contributed by atoms with Crippen molar-refractivity contribution < 1.29 is 14.3 Å². The van der Waals surface area contributed by atoms with Crippen LogP contribution < -0.4 is 14.9 Å². The van der Waals surface area contributed by atoms with Gasteiger partial charge in [-0.1, -0.05) is 28.1 Å². The van der Waals surface area contributed by atoms with Gasteiger partial charge in [0, 0.05) is 10.0 Å². The summed E-state index contributed by atoms with van der Waals surface area (Å²) in [5.74, 6) is 1.17. The molecule has 0 aliphatic carbocycles. The van der Waals surface area contributed by atoms with Crippen LogP contribution in [0, 0.1) is 0 Å². The molecule has 0 unspecified atom stereocenters. The number of amides is 1. The van der Waals surface area contributed by atoms with E-state index in [4.69, 9.17) is 9.47 Å². The molecule has 1 N–H and O–H groups in total. The fourth-order valence-electron chi connectivity index (χ4n) is 2.56. The van der Waals surface area contributed by atoms with Crippen LogP contribution in [-0.2, 0) is 6.61 Å². The lowest BCUT2D eigenvalue weighted by Gasteiger charge is -2.09. The van der Waals surface area contributed by atoms with Gasteiger partial charge in [0.05, 0.1) is 17.3 Å². The third-order valence-electron chi connectivity index (χ3n) is 4.07. The lowest BCUT2D eigenvalue weighted by atomic mass is 10.2. The van der Waals surface area contributed by atoms with Crippen LogP contribution in [0.2, 0.25) is 0 Å². The van der Waals surface area contributed by atoms with Gasteiger partial charge in [0.1, 0.15) is 18.1 Å². The van der Waals surface area contributed by atoms with Crippen molar-refractivity contribution >= 4 is 44.0 Å². The molecule has 3 aromatic rings. The average molecular weight is 532 g/mol. The summed E-state index contributed by atoms with van der Waals surface area (Å²) in [6, 6.07) is 20.5. The van der Waals surface area contributed by atoms with Crippen molar-refractivity contribution in [1.82, 2.24) is 5.43 Å². The molecule has 0 aromatic heterocycles. The van der Waals surface area contributed by atoms with Crippen LogP contribution in [0.25, 0.3) is 0 Å². The number of halogens is 2. The summed E-state index contributed by atoms with van der Waals surface area (Å²) < 4.78 is 13.1. The highest BCUT2D eigenvalue weighted by molar-refractivity contribution is 9.10. The minimum absolute atomic E-state index is 0.289. The number of rotatable bonds is 8. The van der Waals surface area contributed by atoms with Gasteiger partial charge < -0.3 is 9.47 Å². The van der Waals surface area contributed by atoms with Gasteiger partial charge in [0.25, 0.3) is 5.91 Å². The Morgan fingerprint density at radius 1 is 1.00 bits per heavy atom. The van der Waals surface area contributed by atoms with Gasteiger partial charge in [-0.2, -0.15) is 5.10 Å². The zero-order valence-corrected chi connectivity index (χ0v) is 19.4. The Kier molecular flexibility index (Phi) is 8.04. The van der Waals surface area contributed by atoms with E-state index in [1.807, 2.05) is 49.4 Å². The van der Waals surface area contributed by atoms with Crippen molar-refractivity contribution in [3.63, 3.8) is 0 Å². The molecule has 7 heteroatoms. The monoisotopic (exact) mass is 530 g/mol. The number of nitrogens with one attached hydrogen (secondary N) is 1. The number of ether oxygens (including phenoxy) is 2. The third kappa shape index (κ3) is 6.43. The number of carbonyl (C=O) groups is 1. The first-order valence-corrected chi connectivity index (χ1v) is 10.9. The molecule has 1 amide bonds. The predicted molar refractivity (Wildman–Crippen MR) is 125 cm³/mol. The molecule has 30 heavy (non-hydrogen) atoms. The topological polar surface area (TPSA) is 59.9 Å². The Morgan fingerprint density at radius 2 is 1.73 bits per heavy atom. The SMILES string of the molecule is CCOc1ccc(C(=O)N/N=C/c2ccc(OCc3ccc(Br)cc3)c(Br)c2)cc1. The largest absolute Gasteiger partial charge is 0.494 e. The summed E-state index contributed by atoms with van der Waals surface area (Å²) in [4.78, 5) is 12.2. The molecule has 0 bridgehead atoms. The highest BCUT2D eigenvalue weighted by Gasteiger charge is 2.05. The number of hydrogen-bond acceptors (Lipinski definition) is 4. The van der Waals surface area contributed by atoms with Crippen LogP contribution in [0.15, 0.2) is 80.8 Å². The predicted octanol–water partition coefficient (Wildman–Crippen LogP) is 5.95. The molecule has 3 aromatic carbocycles. The standard InChI is InChI=1S/C23H20Br2N2O3/c1-2-29-20-10-6-18(7-11-20)23(28)27-26-14-17-5-12-22(21(25)13-17)30-15-16-3-8-19(24)9-4-16/h3-14H,2,15H2,1H3,(H,27,28)/b26-14+. The van der Waals surface area contributed by atoms with Crippen LogP contribution in [0.5, 0.6) is 11.5 Å². The van der Waals surface area contributed by atoms with E-state index in [1.54, 1.807) is 30.5 Å². The van der Waals surface area contributed by atoms with Crippen molar-refractivity contribution in [3.05, 3.63) is 92.4 Å². The molecule has 154 valence electrons. The average Bonchev–Trinajstić information content (AvgIpc) is 2.75. The molecule has 0 saturated heterocycles. The fourth-order valence-corrected chi connectivity index (χ4v) is 3.33. The number of carbonyl (C=O) groups excluding carboxylic acids is 1. The Labute approximate surface area is 192 Å². The Hall–Kier alpha value is -2.64. The van der Waals surface area contributed by atoms with Crippen molar-refractivity contribution in [3.8, 4) is 11.5 Å². The second-order valence-corrected chi connectivity index (χ2v) is 8.03. The smallest absolute Gasteiger partial charge is 0.271 e. The zero-order chi connectivity index (χ0) is 21.3. The van der Waals surface area contributed by atoms with Crippen molar-refractivity contribution in [2.75, 3.05) is 6.61 Å². The van der Waals surface area contributed by atoms with Crippen LogP contribution in [0.1, 0.15) is 28.4 Å². The molecular formula is C23H20Br2N2O3. The van der Waals surface area contributed by atoms with E-state index < -0.39 is 0 Å². The van der Waals surface area contributed by atoms with Crippen LogP contribution in [0.4, 0.5) is 0 Å². The highest BCUT2D eigenvalue weighted by atomic mass is 79.9. The molecule has 0 spiro atoms. The summed E-state index contributed by atoms with van der Waals surface area (Å²) in [5.41, 5.74) is 4.93. The summed E-state index contributed by atoms with van der Waals surface area (Å²) in [6.45, 7) is 2.96. The van der Waals surface area contributed by atoms with E-state index in [-0.39, 0.29) is 5.91 Å². The maximum absolute atomic E-state index is 12.2. The lowest BCUT2D eigenvalue weighted by molar-refractivity contribution is 0.0955. The molecule has 3 rings (SSSR count). The molecule has 0 fully saturated rings. The molecular weight excluding hydrogens is 512 g/mol. The lowest BCUT2D eigenvalue weighted by Crippen LogP contribution is -2.17. The highest BCUT2D eigenvalue weighted by Crippen LogP contribution is 2.26. The first-order valence-electron chi connectivity index (χ1n) is 9.28. The summed E-state index contributed by atoms with van der Waals surface area (Å²) in [6.07, 6.45) is 1.58. The van der Waals surface area contributed by atoms with Gasteiger partial charge in [-0.25, -0.2) is 5.43 Å². The minimum Gasteiger partial charge on any atom is -0.494 e. The fraction of sp³-hybridized carbons (Fsp3) is 0.130. The maximum atomic E-state index is 12.2. The minimum atomic E-state index is -0.289. The Balaban J connectivity index is 1.54. The quantitative estimate of drug-likeness (QED) is 0.288. The molecule has 0 atom stereocenters. The molecule has 0 heterocycles. The number of nitrogens with zero attached hydrogens (tertiary/aromatic N) is 1. The molecule has 0 radical (unpaired) electrons. The molecule has 5 nitrogen and oxygen atoms in total. The van der Waals surface area contributed by atoms with E-state index in [0.717, 1.165) is 31.6 Å². The second-order valence-electron chi connectivity index (χ2n) is 6.26. The van der Waals surface area contributed by atoms with E-state index >= 15 is 0 Å². The third-order valence-corrected chi connectivity index (χ3v) is 5.22. The van der Waals surface area contributed by atoms with Crippen LogP contribution in [-0.4, -0.2) is 18.7 Å². The van der Waals surface area contributed by atoms with Crippen molar-refractivity contribution in [1.29, 1.82) is 0 Å². The van der Waals surface area contributed by atoms with E-state index in [2.05, 4.69) is 42.4 Å². The normalized spacial score (nSPS) is 10.8. The maximum Gasteiger partial charge on any atom is 0.271 e. The van der Waals surface area contributed by atoms with Crippen molar-refractivity contribution in [2.45, 2.75) is 13.5 Å². The molecule has 0 aliphatic heterocycles. The Bertz CT molecular complexity index is 1020. The van der Waals surface area contributed by atoms with Gasteiger partial charge in [-0.3, -0.25) is 4.79 Å². The van der Waals surface area contributed by atoms with Crippen LogP contribution >= 0.6 is 31.9 Å². The first-order chi connectivity index (χ1) is 14.5. The van der Waals surface area contributed by atoms with Gasteiger partial charge >= 0.3 is 0 Å². The van der Waals surface area contributed by atoms with E-state index in [1.165, 1.54) is 0 Å². The molecule has 0 aliphatic rings.